The lowest BCUT2D eigenvalue weighted by molar-refractivity contribution is -0.136. The summed E-state index contributed by atoms with van der Waals surface area (Å²) in [5.74, 6) is 0.508. The van der Waals surface area contributed by atoms with E-state index in [4.69, 9.17) is 4.74 Å². The van der Waals surface area contributed by atoms with Crippen LogP contribution in [0.4, 0.5) is 11.4 Å². The Kier molecular flexibility index (Phi) is 5.93. The van der Waals surface area contributed by atoms with Gasteiger partial charge in [0.2, 0.25) is 11.8 Å². The number of benzene rings is 2. The Balaban J connectivity index is 1.34. The number of hydrogen-bond acceptors (Lipinski definition) is 5. The van der Waals surface area contributed by atoms with Crippen LogP contribution in [0.2, 0.25) is 0 Å². The molecule has 2 fully saturated rings. The van der Waals surface area contributed by atoms with E-state index in [0.717, 1.165) is 30.2 Å². The van der Waals surface area contributed by atoms with Gasteiger partial charge < -0.3 is 19.4 Å². The number of hydrogen-bond donors (Lipinski definition) is 0. The van der Waals surface area contributed by atoms with Gasteiger partial charge in [0.15, 0.2) is 5.78 Å². The minimum Gasteiger partial charge on any atom is -0.497 e. The summed E-state index contributed by atoms with van der Waals surface area (Å²) in [6, 6.07) is 14.9. The average Bonchev–Trinajstić information content (AvgIpc) is 3.20. The largest absolute Gasteiger partial charge is 0.497 e. The number of piperazine rings is 1. The molecule has 0 bridgehead atoms. The van der Waals surface area contributed by atoms with Crippen molar-refractivity contribution >= 4 is 29.0 Å². The highest BCUT2D eigenvalue weighted by Gasteiger charge is 2.38. The zero-order valence-electron chi connectivity index (χ0n) is 17.9. The second-order valence-corrected chi connectivity index (χ2v) is 8.02. The van der Waals surface area contributed by atoms with Crippen LogP contribution >= 0.6 is 0 Å². The highest BCUT2D eigenvalue weighted by molar-refractivity contribution is 6.00. The topological polar surface area (TPSA) is 70.2 Å². The van der Waals surface area contributed by atoms with Crippen molar-refractivity contribution in [3.63, 3.8) is 0 Å². The molecule has 0 aromatic heterocycles. The number of anilines is 2. The number of nitrogens with zero attached hydrogens (tertiary/aromatic N) is 3. The number of ether oxygens (including phenoxy) is 1. The van der Waals surface area contributed by atoms with Crippen LogP contribution in [-0.4, -0.2) is 62.3 Å². The van der Waals surface area contributed by atoms with E-state index < -0.39 is 0 Å². The molecule has 2 aliphatic heterocycles. The van der Waals surface area contributed by atoms with Gasteiger partial charge in [0.1, 0.15) is 5.75 Å². The lowest BCUT2D eigenvalue weighted by Crippen LogP contribution is -2.50. The number of carbonyl (C=O) groups is 3. The van der Waals surface area contributed by atoms with E-state index >= 15 is 0 Å². The van der Waals surface area contributed by atoms with Crippen LogP contribution in [0.25, 0.3) is 0 Å². The van der Waals surface area contributed by atoms with Crippen LogP contribution in [0.3, 0.4) is 0 Å². The molecule has 1 unspecified atom stereocenters. The van der Waals surface area contributed by atoms with Gasteiger partial charge in [-0.3, -0.25) is 14.4 Å². The zero-order valence-corrected chi connectivity index (χ0v) is 17.9. The summed E-state index contributed by atoms with van der Waals surface area (Å²) in [6.45, 7) is 4.68. The van der Waals surface area contributed by atoms with Gasteiger partial charge in [-0.2, -0.15) is 0 Å². The second kappa shape index (κ2) is 8.79. The summed E-state index contributed by atoms with van der Waals surface area (Å²) < 4.78 is 5.17. The molecular formula is C24H27N3O4. The molecule has 2 heterocycles. The molecule has 0 spiro atoms. The van der Waals surface area contributed by atoms with E-state index in [2.05, 4.69) is 4.90 Å². The lowest BCUT2D eigenvalue weighted by Gasteiger charge is -2.37. The van der Waals surface area contributed by atoms with Gasteiger partial charge in [-0.1, -0.05) is 0 Å². The quantitative estimate of drug-likeness (QED) is 0.694. The van der Waals surface area contributed by atoms with Crippen LogP contribution in [-0.2, 0) is 9.59 Å². The highest BCUT2D eigenvalue weighted by atomic mass is 16.5. The highest BCUT2D eigenvalue weighted by Crippen LogP contribution is 2.28. The van der Waals surface area contributed by atoms with Gasteiger partial charge in [-0.15, -0.1) is 0 Å². The average molecular weight is 421 g/mol. The molecule has 2 aromatic carbocycles. The minimum atomic E-state index is -0.309. The zero-order chi connectivity index (χ0) is 22.0. The van der Waals surface area contributed by atoms with Crippen molar-refractivity contribution < 1.29 is 19.1 Å². The summed E-state index contributed by atoms with van der Waals surface area (Å²) in [5, 5.41) is 0. The Bertz CT molecular complexity index is 963. The monoisotopic (exact) mass is 421 g/mol. The molecule has 0 radical (unpaired) electrons. The second-order valence-electron chi connectivity index (χ2n) is 8.02. The van der Waals surface area contributed by atoms with Gasteiger partial charge in [0, 0.05) is 56.1 Å². The molecule has 0 aliphatic carbocycles. The van der Waals surface area contributed by atoms with Crippen LogP contribution in [0, 0.1) is 5.92 Å². The van der Waals surface area contributed by atoms with Gasteiger partial charge >= 0.3 is 0 Å². The van der Waals surface area contributed by atoms with Crippen molar-refractivity contribution in [1.82, 2.24) is 4.90 Å². The van der Waals surface area contributed by atoms with Crippen molar-refractivity contribution in [3.05, 3.63) is 54.1 Å². The lowest BCUT2D eigenvalue weighted by atomic mass is 10.1. The van der Waals surface area contributed by atoms with Crippen molar-refractivity contribution in [2.24, 2.45) is 5.92 Å². The van der Waals surface area contributed by atoms with Crippen molar-refractivity contribution in [1.29, 1.82) is 0 Å². The van der Waals surface area contributed by atoms with E-state index in [0.29, 0.717) is 25.2 Å². The van der Waals surface area contributed by atoms with Crippen molar-refractivity contribution in [2.75, 3.05) is 49.6 Å². The van der Waals surface area contributed by atoms with Gasteiger partial charge in [0.25, 0.3) is 0 Å². The number of methoxy groups -OCH3 is 1. The summed E-state index contributed by atoms with van der Waals surface area (Å²) in [4.78, 5) is 42.8. The maximum absolute atomic E-state index is 13.1. The van der Waals surface area contributed by atoms with Crippen molar-refractivity contribution in [3.8, 4) is 5.75 Å². The normalized spacial score (nSPS) is 19.0. The molecule has 2 amide bonds. The Hall–Kier alpha value is -3.35. The van der Waals surface area contributed by atoms with E-state index in [9.17, 15) is 14.4 Å². The van der Waals surface area contributed by atoms with Crippen molar-refractivity contribution in [2.45, 2.75) is 13.3 Å². The Morgan fingerprint density at radius 2 is 1.52 bits per heavy atom. The fourth-order valence-corrected chi connectivity index (χ4v) is 4.23. The Labute approximate surface area is 182 Å². The van der Waals surface area contributed by atoms with Crippen LogP contribution in [0.15, 0.2) is 48.5 Å². The van der Waals surface area contributed by atoms with Crippen LogP contribution in [0.5, 0.6) is 5.75 Å². The molecule has 7 heteroatoms. The Morgan fingerprint density at radius 1 is 0.903 bits per heavy atom. The molecule has 2 saturated heterocycles. The number of carbonyl (C=O) groups excluding carboxylic acids is 3. The van der Waals surface area contributed by atoms with E-state index in [1.807, 2.05) is 53.4 Å². The third-order valence-corrected chi connectivity index (χ3v) is 6.09. The van der Waals surface area contributed by atoms with Gasteiger partial charge in [0.05, 0.1) is 13.0 Å². The fraction of sp³-hybridized carbons (Fsp3) is 0.375. The Morgan fingerprint density at radius 3 is 2.10 bits per heavy atom. The summed E-state index contributed by atoms with van der Waals surface area (Å²) >= 11 is 0. The van der Waals surface area contributed by atoms with Crippen LogP contribution < -0.4 is 14.5 Å². The number of amides is 2. The van der Waals surface area contributed by atoms with E-state index in [-0.39, 0.29) is 29.9 Å². The third-order valence-electron chi connectivity index (χ3n) is 6.09. The van der Waals surface area contributed by atoms with Gasteiger partial charge in [-0.05, 0) is 55.5 Å². The smallest absolute Gasteiger partial charge is 0.228 e. The standard InChI is InChI=1S/C24H27N3O4/c1-17(28)18-3-5-20(6-4-18)25-11-13-26(14-12-25)24(30)19-15-23(29)27(16-19)21-7-9-22(31-2)10-8-21/h3-10,19H,11-16H2,1-2H3. The molecule has 2 aliphatic rings. The van der Waals surface area contributed by atoms with Gasteiger partial charge in [-0.25, -0.2) is 0 Å². The first kappa shape index (κ1) is 20.9. The SMILES string of the molecule is COc1ccc(N2CC(C(=O)N3CCN(c4ccc(C(C)=O)cc4)CC3)CC2=O)cc1. The van der Waals surface area contributed by atoms with E-state index in [1.54, 1.807) is 18.9 Å². The maximum atomic E-state index is 13.1. The first-order chi connectivity index (χ1) is 15.0. The first-order valence-electron chi connectivity index (χ1n) is 10.6. The molecule has 0 saturated carbocycles. The molecule has 31 heavy (non-hydrogen) atoms. The molecule has 7 nitrogen and oxygen atoms in total. The maximum Gasteiger partial charge on any atom is 0.228 e. The first-order valence-corrected chi connectivity index (χ1v) is 10.6. The molecule has 2 aromatic rings. The summed E-state index contributed by atoms with van der Waals surface area (Å²) in [5.41, 5.74) is 2.55. The molecule has 4 rings (SSSR count). The molecule has 0 N–H and O–H groups in total. The summed E-state index contributed by atoms with van der Waals surface area (Å²) in [6.07, 6.45) is 0.248. The minimum absolute atomic E-state index is 0.0206. The molecule has 162 valence electrons. The predicted molar refractivity (Wildman–Crippen MR) is 119 cm³/mol. The van der Waals surface area contributed by atoms with Crippen LogP contribution in [0.1, 0.15) is 23.7 Å². The summed E-state index contributed by atoms with van der Waals surface area (Å²) in [7, 11) is 1.60. The third kappa shape index (κ3) is 4.40. The fourth-order valence-electron chi connectivity index (χ4n) is 4.23. The van der Waals surface area contributed by atoms with E-state index in [1.165, 1.54) is 0 Å². The predicted octanol–water partition coefficient (Wildman–Crippen LogP) is 2.60. The molecular weight excluding hydrogens is 394 g/mol. The molecule has 1 atom stereocenters. The number of rotatable bonds is 5. The number of Topliss-reactive ketones (excluding diaryl/α,β-unsaturated/α-hetero) is 1. The number of ketones is 1.